The van der Waals surface area contributed by atoms with Gasteiger partial charge in [0.2, 0.25) is 5.91 Å². The third-order valence-electron chi connectivity index (χ3n) is 3.40. The zero-order valence-corrected chi connectivity index (χ0v) is 10.9. The fourth-order valence-corrected chi connectivity index (χ4v) is 2.35. The summed E-state index contributed by atoms with van der Waals surface area (Å²) in [7, 11) is 0. The molecule has 0 radical (unpaired) electrons. The van der Waals surface area contributed by atoms with Gasteiger partial charge < -0.3 is 15.5 Å². The first kappa shape index (κ1) is 15.0. The molecule has 1 atom stereocenters. The summed E-state index contributed by atoms with van der Waals surface area (Å²) in [6.07, 6.45) is 5.94. The van der Waals surface area contributed by atoms with Crippen molar-refractivity contribution >= 4 is 11.9 Å². The van der Waals surface area contributed by atoms with E-state index in [0.29, 0.717) is 0 Å². The number of hydrogen-bond acceptors (Lipinski definition) is 3. The van der Waals surface area contributed by atoms with Crippen molar-refractivity contribution in [3.05, 3.63) is 0 Å². The lowest BCUT2D eigenvalue weighted by molar-refractivity contribution is -0.142. The van der Waals surface area contributed by atoms with Gasteiger partial charge in [-0.1, -0.05) is 25.7 Å². The van der Waals surface area contributed by atoms with E-state index in [2.05, 4.69) is 5.32 Å². The number of amides is 1. The maximum atomic E-state index is 11.9. The van der Waals surface area contributed by atoms with Crippen molar-refractivity contribution in [2.75, 3.05) is 6.54 Å². The number of aliphatic hydroxyl groups is 1. The highest BCUT2D eigenvalue weighted by Gasteiger charge is 2.27. The lowest BCUT2D eigenvalue weighted by Crippen LogP contribution is -2.44. The van der Waals surface area contributed by atoms with Gasteiger partial charge in [-0.15, -0.1) is 0 Å². The first-order valence-electron chi connectivity index (χ1n) is 6.62. The van der Waals surface area contributed by atoms with E-state index in [1.54, 1.807) is 0 Å². The Hall–Kier alpha value is -1.10. The van der Waals surface area contributed by atoms with E-state index in [1.165, 1.54) is 19.8 Å². The Morgan fingerprint density at radius 2 is 1.78 bits per heavy atom. The van der Waals surface area contributed by atoms with Crippen LogP contribution in [0.15, 0.2) is 0 Å². The number of rotatable bonds is 5. The summed E-state index contributed by atoms with van der Waals surface area (Å²) in [4.78, 5) is 22.4. The SMILES string of the molecule is CC(O)(CNC(=O)C1CCCCCC1)CC(=O)O. The molecular weight excluding hydrogens is 234 g/mol. The molecule has 0 spiro atoms. The Balaban J connectivity index is 2.37. The van der Waals surface area contributed by atoms with Gasteiger partial charge in [0, 0.05) is 12.5 Å². The summed E-state index contributed by atoms with van der Waals surface area (Å²) in [5.74, 6) is -1.10. The van der Waals surface area contributed by atoms with Gasteiger partial charge in [-0.05, 0) is 19.8 Å². The molecule has 5 nitrogen and oxygen atoms in total. The second-order valence-electron chi connectivity index (χ2n) is 5.47. The minimum absolute atomic E-state index is 0.00532. The molecule has 0 saturated heterocycles. The average molecular weight is 257 g/mol. The van der Waals surface area contributed by atoms with Crippen LogP contribution in [0, 0.1) is 5.92 Å². The predicted molar refractivity (Wildman–Crippen MR) is 67.1 cm³/mol. The summed E-state index contributed by atoms with van der Waals surface area (Å²) >= 11 is 0. The summed E-state index contributed by atoms with van der Waals surface area (Å²) in [5, 5.41) is 21.1. The summed E-state index contributed by atoms with van der Waals surface area (Å²) in [6, 6.07) is 0. The molecule has 0 aromatic carbocycles. The monoisotopic (exact) mass is 257 g/mol. The Kier molecular flexibility index (Phi) is 5.59. The highest BCUT2D eigenvalue weighted by molar-refractivity contribution is 5.78. The lowest BCUT2D eigenvalue weighted by atomic mass is 9.98. The second kappa shape index (κ2) is 6.73. The molecule has 0 aromatic heterocycles. The highest BCUT2D eigenvalue weighted by Crippen LogP contribution is 2.23. The minimum atomic E-state index is -1.38. The van der Waals surface area contributed by atoms with E-state index in [4.69, 9.17) is 5.11 Å². The van der Waals surface area contributed by atoms with E-state index in [1.807, 2.05) is 0 Å². The molecule has 1 unspecified atom stereocenters. The van der Waals surface area contributed by atoms with Crippen LogP contribution in [0.2, 0.25) is 0 Å². The molecule has 5 heteroatoms. The maximum absolute atomic E-state index is 11.9. The number of carbonyl (C=O) groups excluding carboxylic acids is 1. The van der Waals surface area contributed by atoms with Crippen LogP contribution < -0.4 is 5.32 Å². The average Bonchev–Trinajstić information content (AvgIpc) is 2.52. The molecule has 1 aliphatic carbocycles. The third-order valence-corrected chi connectivity index (χ3v) is 3.40. The van der Waals surface area contributed by atoms with Crippen LogP contribution in [0.3, 0.4) is 0 Å². The van der Waals surface area contributed by atoms with Crippen LogP contribution in [0.5, 0.6) is 0 Å². The van der Waals surface area contributed by atoms with Gasteiger partial charge in [0.15, 0.2) is 0 Å². The zero-order chi connectivity index (χ0) is 13.6. The molecule has 104 valence electrons. The number of carbonyl (C=O) groups is 2. The second-order valence-corrected chi connectivity index (χ2v) is 5.47. The molecule has 0 aromatic rings. The molecular formula is C13H23NO4. The quantitative estimate of drug-likeness (QED) is 0.648. The van der Waals surface area contributed by atoms with E-state index in [0.717, 1.165) is 25.7 Å². The fourth-order valence-electron chi connectivity index (χ4n) is 2.35. The van der Waals surface area contributed by atoms with E-state index in [-0.39, 0.29) is 24.8 Å². The Morgan fingerprint density at radius 3 is 2.28 bits per heavy atom. The van der Waals surface area contributed by atoms with Gasteiger partial charge >= 0.3 is 5.97 Å². The van der Waals surface area contributed by atoms with Gasteiger partial charge in [0.05, 0.1) is 12.0 Å². The van der Waals surface area contributed by atoms with Crippen LogP contribution in [0.25, 0.3) is 0 Å². The smallest absolute Gasteiger partial charge is 0.306 e. The topological polar surface area (TPSA) is 86.6 Å². The van der Waals surface area contributed by atoms with Crippen molar-refractivity contribution in [3.8, 4) is 0 Å². The summed E-state index contributed by atoms with van der Waals surface area (Å²) < 4.78 is 0. The van der Waals surface area contributed by atoms with Crippen molar-refractivity contribution < 1.29 is 19.8 Å². The molecule has 0 aliphatic heterocycles. The molecule has 1 rings (SSSR count). The van der Waals surface area contributed by atoms with Crippen molar-refractivity contribution in [2.24, 2.45) is 5.92 Å². The Bertz CT molecular complexity index is 293. The molecule has 1 amide bonds. The molecule has 3 N–H and O–H groups in total. The number of carboxylic acid groups (broad SMARTS) is 1. The lowest BCUT2D eigenvalue weighted by Gasteiger charge is -2.23. The zero-order valence-electron chi connectivity index (χ0n) is 10.9. The van der Waals surface area contributed by atoms with E-state index < -0.39 is 11.6 Å². The van der Waals surface area contributed by atoms with Gasteiger partial charge in [-0.25, -0.2) is 0 Å². The van der Waals surface area contributed by atoms with Gasteiger partial charge in [0.1, 0.15) is 0 Å². The van der Waals surface area contributed by atoms with Gasteiger partial charge in [-0.2, -0.15) is 0 Å². The van der Waals surface area contributed by atoms with Crippen molar-refractivity contribution in [1.29, 1.82) is 0 Å². The minimum Gasteiger partial charge on any atom is -0.481 e. The van der Waals surface area contributed by atoms with Crippen LogP contribution in [0.1, 0.15) is 51.9 Å². The maximum Gasteiger partial charge on any atom is 0.306 e. The standard InChI is InChI=1S/C13H23NO4/c1-13(18,8-11(15)16)9-14-12(17)10-6-4-2-3-5-7-10/h10,18H,2-9H2,1H3,(H,14,17)(H,15,16). The first-order valence-corrected chi connectivity index (χ1v) is 6.62. The number of aliphatic carboxylic acids is 1. The Morgan fingerprint density at radius 1 is 1.22 bits per heavy atom. The number of nitrogens with one attached hydrogen (secondary N) is 1. The van der Waals surface area contributed by atoms with Crippen molar-refractivity contribution in [1.82, 2.24) is 5.32 Å². The van der Waals surface area contributed by atoms with Crippen molar-refractivity contribution in [3.63, 3.8) is 0 Å². The number of carboxylic acids is 1. The van der Waals surface area contributed by atoms with Crippen LogP contribution in [-0.2, 0) is 9.59 Å². The van der Waals surface area contributed by atoms with E-state index >= 15 is 0 Å². The third kappa shape index (κ3) is 5.49. The fraction of sp³-hybridized carbons (Fsp3) is 0.846. The van der Waals surface area contributed by atoms with Crippen LogP contribution in [-0.4, -0.2) is 34.2 Å². The molecule has 18 heavy (non-hydrogen) atoms. The largest absolute Gasteiger partial charge is 0.481 e. The summed E-state index contributed by atoms with van der Waals surface area (Å²) in [5.41, 5.74) is -1.38. The predicted octanol–water partition coefficient (Wildman–Crippen LogP) is 1.30. The van der Waals surface area contributed by atoms with Crippen LogP contribution in [0.4, 0.5) is 0 Å². The van der Waals surface area contributed by atoms with Crippen molar-refractivity contribution in [2.45, 2.75) is 57.5 Å². The molecule has 0 heterocycles. The Labute approximate surface area is 108 Å². The molecule has 1 aliphatic rings. The first-order chi connectivity index (χ1) is 8.41. The summed E-state index contributed by atoms with van der Waals surface area (Å²) in [6.45, 7) is 1.42. The van der Waals surface area contributed by atoms with E-state index in [9.17, 15) is 14.7 Å². The molecule has 1 fully saturated rings. The number of hydrogen-bond donors (Lipinski definition) is 3. The molecule has 0 bridgehead atoms. The molecule has 1 saturated carbocycles. The van der Waals surface area contributed by atoms with Crippen LogP contribution >= 0.6 is 0 Å². The highest BCUT2D eigenvalue weighted by atomic mass is 16.4. The normalized spacial score (nSPS) is 20.8. The van der Waals surface area contributed by atoms with Gasteiger partial charge in [0.25, 0.3) is 0 Å². The van der Waals surface area contributed by atoms with Gasteiger partial charge in [-0.3, -0.25) is 9.59 Å².